The highest BCUT2D eigenvalue weighted by molar-refractivity contribution is 5.63. The van der Waals surface area contributed by atoms with Gasteiger partial charge in [-0.2, -0.15) is 0 Å². The molecule has 0 spiro atoms. The van der Waals surface area contributed by atoms with Gasteiger partial charge in [-0.15, -0.1) is 0 Å². The Hall–Kier alpha value is -2.56. The molecule has 128 valence electrons. The summed E-state index contributed by atoms with van der Waals surface area (Å²) in [6.07, 6.45) is -0.314. The van der Waals surface area contributed by atoms with E-state index >= 15 is 0 Å². The lowest BCUT2D eigenvalue weighted by atomic mass is 9.98. The molecule has 0 radical (unpaired) electrons. The quantitative estimate of drug-likeness (QED) is 0.707. The van der Waals surface area contributed by atoms with Crippen LogP contribution in [-0.2, 0) is 4.74 Å². The molecular weight excluding hydrogens is 320 g/mol. The fourth-order valence-corrected chi connectivity index (χ4v) is 2.70. The van der Waals surface area contributed by atoms with Gasteiger partial charge < -0.3 is 10.5 Å². The van der Waals surface area contributed by atoms with Crippen LogP contribution in [0.25, 0.3) is 11.1 Å². The molecule has 0 heterocycles. The maximum absolute atomic E-state index is 13.2. The summed E-state index contributed by atoms with van der Waals surface area (Å²) in [6, 6.07) is 20.5. The zero-order chi connectivity index (χ0) is 17.6. The molecule has 0 amide bonds. The number of halogens is 2. The lowest BCUT2D eigenvalue weighted by Crippen LogP contribution is -2.13. The third-order valence-electron chi connectivity index (χ3n) is 3.97. The van der Waals surface area contributed by atoms with Crippen molar-refractivity contribution in [2.75, 3.05) is 13.2 Å². The summed E-state index contributed by atoms with van der Waals surface area (Å²) >= 11 is 0. The lowest BCUT2D eigenvalue weighted by molar-refractivity contribution is 0.0864. The first-order chi connectivity index (χ1) is 12.2. The van der Waals surface area contributed by atoms with Gasteiger partial charge in [-0.3, -0.25) is 0 Å². The van der Waals surface area contributed by atoms with Gasteiger partial charge in [-0.25, -0.2) is 8.78 Å². The van der Waals surface area contributed by atoms with E-state index in [-0.39, 0.29) is 17.7 Å². The zero-order valence-corrected chi connectivity index (χ0v) is 13.7. The molecule has 1 unspecified atom stereocenters. The number of hydrogen-bond donors (Lipinski definition) is 1. The summed E-state index contributed by atoms with van der Waals surface area (Å²) in [6.45, 7) is 0.813. The highest BCUT2D eigenvalue weighted by Crippen LogP contribution is 2.28. The van der Waals surface area contributed by atoms with Crippen LogP contribution in [0, 0.1) is 11.6 Å². The lowest BCUT2D eigenvalue weighted by Gasteiger charge is -2.19. The fourth-order valence-electron chi connectivity index (χ4n) is 2.70. The van der Waals surface area contributed by atoms with Crippen molar-refractivity contribution in [1.82, 2.24) is 0 Å². The van der Waals surface area contributed by atoms with Crippen molar-refractivity contribution in [2.24, 2.45) is 5.73 Å². The molecule has 0 aromatic heterocycles. The Morgan fingerprint density at radius 1 is 0.680 bits per heavy atom. The Morgan fingerprint density at radius 2 is 1.08 bits per heavy atom. The molecule has 1 atom stereocenters. The Labute approximate surface area is 145 Å². The molecule has 2 N–H and O–H groups in total. The first kappa shape index (κ1) is 17.3. The molecule has 3 rings (SSSR count). The topological polar surface area (TPSA) is 35.2 Å². The molecule has 0 aliphatic heterocycles. The SMILES string of the molecule is NCCOC(c1ccc(F)cc1)c1ccc(-c2ccc(F)cc2)cc1. The summed E-state index contributed by atoms with van der Waals surface area (Å²) < 4.78 is 32.1. The van der Waals surface area contributed by atoms with Gasteiger partial charge in [0.15, 0.2) is 0 Å². The van der Waals surface area contributed by atoms with E-state index in [1.54, 1.807) is 24.3 Å². The van der Waals surface area contributed by atoms with Gasteiger partial charge in [0.2, 0.25) is 0 Å². The van der Waals surface area contributed by atoms with Gasteiger partial charge in [0.25, 0.3) is 0 Å². The van der Waals surface area contributed by atoms with Crippen LogP contribution in [0.2, 0.25) is 0 Å². The number of ether oxygens (including phenoxy) is 1. The van der Waals surface area contributed by atoms with E-state index < -0.39 is 0 Å². The smallest absolute Gasteiger partial charge is 0.123 e. The van der Waals surface area contributed by atoms with Crippen LogP contribution in [0.4, 0.5) is 8.78 Å². The van der Waals surface area contributed by atoms with Crippen molar-refractivity contribution >= 4 is 0 Å². The number of benzene rings is 3. The fraction of sp³-hybridized carbons (Fsp3) is 0.143. The van der Waals surface area contributed by atoms with Crippen LogP contribution < -0.4 is 5.73 Å². The van der Waals surface area contributed by atoms with Crippen LogP contribution in [-0.4, -0.2) is 13.2 Å². The summed E-state index contributed by atoms with van der Waals surface area (Å²) in [7, 11) is 0. The van der Waals surface area contributed by atoms with Crippen LogP contribution in [0.15, 0.2) is 72.8 Å². The van der Waals surface area contributed by atoms with Crippen LogP contribution in [0.1, 0.15) is 17.2 Å². The molecular formula is C21H19F2NO. The normalized spacial score (nSPS) is 12.1. The van der Waals surface area contributed by atoms with Crippen LogP contribution in [0.3, 0.4) is 0 Å². The van der Waals surface area contributed by atoms with Gasteiger partial charge in [0.1, 0.15) is 17.7 Å². The van der Waals surface area contributed by atoms with Crippen molar-refractivity contribution in [3.05, 3.63) is 95.6 Å². The minimum absolute atomic E-state index is 0.257. The molecule has 0 aliphatic carbocycles. The van der Waals surface area contributed by atoms with Crippen molar-refractivity contribution in [2.45, 2.75) is 6.10 Å². The Bertz CT molecular complexity index is 799. The average molecular weight is 339 g/mol. The van der Waals surface area contributed by atoms with Gasteiger partial charge in [-0.05, 0) is 46.5 Å². The van der Waals surface area contributed by atoms with E-state index in [9.17, 15) is 8.78 Å². The average Bonchev–Trinajstić information content (AvgIpc) is 2.65. The van der Waals surface area contributed by atoms with Crippen molar-refractivity contribution in [3.8, 4) is 11.1 Å². The summed E-state index contributed by atoms with van der Waals surface area (Å²) in [5, 5.41) is 0. The molecule has 0 saturated carbocycles. The van der Waals surface area contributed by atoms with E-state index in [4.69, 9.17) is 10.5 Å². The summed E-state index contributed by atoms with van der Waals surface area (Å²) in [5.41, 5.74) is 9.29. The number of rotatable bonds is 6. The summed E-state index contributed by atoms with van der Waals surface area (Å²) in [5.74, 6) is -0.542. The Kier molecular flexibility index (Phi) is 5.53. The highest BCUT2D eigenvalue weighted by atomic mass is 19.1. The third-order valence-corrected chi connectivity index (χ3v) is 3.97. The van der Waals surface area contributed by atoms with Gasteiger partial charge in [-0.1, -0.05) is 48.5 Å². The minimum atomic E-state index is -0.314. The molecule has 25 heavy (non-hydrogen) atoms. The first-order valence-corrected chi connectivity index (χ1v) is 8.10. The molecule has 3 aromatic rings. The highest BCUT2D eigenvalue weighted by Gasteiger charge is 2.15. The van der Waals surface area contributed by atoms with Gasteiger partial charge in [0.05, 0.1) is 6.61 Å². The number of nitrogens with two attached hydrogens (primary N) is 1. The maximum Gasteiger partial charge on any atom is 0.123 e. The largest absolute Gasteiger partial charge is 0.367 e. The van der Waals surface area contributed by atoms with E-state index in [0.29, 0.717) is 13.2 Å². The zero-order valence-electron chi connectivity index (χ0n) is 13.7. The third kappa shape index (κ3) is 4.29. The molecule has 0 aliphatic rings. The molecule has 3 aromatic carbocycles. The monoisotopic (exact) mass is 339 g/mol. The second-order valence-corrected chi connectivity index (χ2v) is 5.72. The van der Waals surface area contributed by atoms with E-state index in [1.807, 2.05) is 24.3 Å². The predicted octanol–water partition coefficient (Wildman–Crippen LogP) is 4.70. The first-order valence-electron chi connectivity index (χ1n) is 8.10. The molecule has 0 fully saturated rings. The maximum atomic E-state index is 13.2. The summed E-state index contributed by atoms with van der Waals surface area (Å²) in [4.78, 5) is 0. The second kappa shape index (κ2) is 8.01. The van der Waals surface area contributed by atoms with E-state index in [2.05, 4.69) is 0 Å². The van der Waals surface area contributed by atoms with Crippen molar-refractivity contribution in [1.29, 1.82) is 0 Å². The molecule has 2 nitrogen and oxygen atoms in total. The molecule has 0 saturated heterocycles. The van der Waals surface area contributed by atoms with E-state index in [1.165, 1.54) is 24.3 Å². The Morgan fingerprint density at radius 3 is 1.56 bits per heavy atom. The van der Waals surface area contributed by atoms with Crippen molar-refractivity contribution < 1.29 is 13.5 Å². The molecule has 0 bridgehead atoms. The van der Waals surface area contributed by atoms with Crippen LogP contribution >= 0.6 is 0 Å². The van der Waals surface area contributed by atoms with E-state index in [0.717, 1.165) is 22.3 Å². The second-order valence-electron chi connectivity index (χ2n) is 5.72. The molecule has 4 heteroatoms. The van der Waals surface area contributed by atoms with Crippen molar-refractivity contribution in [3.63, 3.8) is 0 Å². The minimum Gasteiger partial charge on any atom is -0.367 e. The standard InChI is InChI=1S/C21H19F2NO/c22-19-9-5-16(6-10-19)15-1-3-17(4-2-15)21(25-14-13-24)18-7-11-20(23)12-8-18/h1-12,21H,13-14,24H2. The van der Waals surface area contributed by atoms with Gasteiger partial charge in [0, 0.05) is 6.54 Å². The predicted molar refractivity (Wildman–Crippen MR) is 95.1 cm³/mol. The Balaban J connectivity index is 1.88. The van der Waals surface area contributed by atoms with Gasteiger partial charge >= 0.3 is 0 Å². The number of hydrogen-bond acceptors (Lipinski definition) is 2. The van der Waals surface area contributed by atoms with Crippen LogP contribution in [0.5, 0.6) is 0 Å².